The van der Waals surface area contributed by atoms with Crippen molar-refractivity contribution in [2.45, 2.75) is 26.7 Å². The van der Waals surface area contributed by atoms with Crippen molar-refractivity contribution in [3.05, 3.63) is 0 Å². The lowest BCUT2D eigenvalue weighted by molar-refractivity contribution is 0.886. The van der Waals surface area contributed by atoms with Crippen LogP contribution in [0.15, 0.2) is 0 Å². The van der Waals surface area contributed by atoms with Gasteiger partial charge in [-0.1, -0.05) is 26.7 Å². The highest BCUT2D eigenvalue weighted by atomic mass is 127. The molecule has 0 amide bonds. The Kier molecular flexibility index (Phi) is 78.8. The first kappa shape index (κ1) is 22.9. The SMILES string of the molecule is CCCC.I.I.I. The highest BCUT2D eigenvalue weighted by Gasteiger charge is 1.56. The summed E-state index contributed by atoms with van der Waals surface area (Å²) in [5.41, 5.74) is 0. The van der Waals surface area contributed by atoms with Crippen LogP contribution in [0.2, 0.25) is 0 Å². The topological polar surface area (TPSA) is 0 Å². The minimum absolute atomic E-state index is 0. The van der Waals surface area contributed by atoms with Gasteiger partial charge in [0, 0.05) is 0 Å². The molecule has 7 heavy (non-hydrogen) atoms. The number of hydrogen-bond acceptors (Lipinski definition) is 0. The molecule has 0 heterocycles. The Bertz CT molecular complexity index is 8.90. The normalized spacial score (nSPS) is 4.29. The molecule has 0 rings (SSSR count). The highest BCUT2D eigenvalue weighted by molar-refractivity contribution is 14.0. The van der Waals surface area contributed by atoms with E-state index in [0.717, 1.165) is 0 Å². The molecule has 0 bridgehead atoms. The second-order valence-corrected chi connectivity index (χ2v) is 1.000. The van der Waals surface area contributed by atoms with E-state index in [0.29, 0.717) is 0 Å². The molecule has 0 aromatic rings. The Morgan fingerprint density at radius 2 is 0.857 bits per heavy atom. The zero-order valence-corrected chi connectivity index (χ0v) is 11.6. The van der Waals surface area contributed by atoms with Crippen LogP contribution in [0.5, 0.6) is 0 Å². The van der Waals surface area contributed by atoms with Crippen LogP contribution in [0.3, 0.4) is 0 Å². The van der Waals surface area contributed by atoms with Crippen molar-refractivity contribution in [1.82, 2.24) is 0 Å². The summed E-state index contributed by atoms with van der Waals surface area (Å²) in [4.78, 5) is 0. The lowest BCUT2D eigenvalue weighted by atomic mass is 10.4. The lowest BCUT2D eigenvalue weighted by Crippen LogP contribution is -1.47. The van der Waals surface area contributed by atoms with Crippen LogP contribution in [0.1, 0.15) is 26.7 Å². The first-order valence-electron chi connectivity index (χ1n) is 1.91. The molecule has 0 unspecified atom stereocenters. The average molecular weight is 442 g/mol. The maximum Gasteiger partial charge on any atom is -0.0564 e. The molecule has 0 spiro atoms. The van der Waals surface area contributed by atoms with Crippen LogP contribution in [0, 0.1) is 0 Å². The van der Waals surface area contributed by atoms with Gasteiger partial charge in [-0.05, 0) is 0 Å². The van der Waals surface area contributed by atoms with Gasteiger partial charge < -0.3 is 0 Å². The van der Waals surface area contributed by atoms with Crippen molar-refractivity contribution < 1.29 is 0 Å². The maximum atomic E-state index is 2.18. The summed E-state index contributed by atoms with van der Waals surface area (Å²) in [5, 5.41) is 0. The molecule has 0 fully saturated rings. The summed E-state index contributed by atoms with van der Waals surface area (Å²) in [5.74, 6) is 0. The van der Waals surface area contributed by atoms with Crippen molar-refractivity contribution in [2.24, 2.45) is 0 Å². The van der Waals surface area contributed by atoms with Gasteiger partial charge in [0.05, 0.1) is 0 Å². The predicted molar refractivity (Wildman–Crippen MR) is 66.8 cm³/mol. The predicted octanol–water partition coefficient (Wildman–Crippen LogP) is 3.66. The molecule has 0 aliphatic rings. The zero-order chi connectivity index (χ0) is 3.41. The Labute approximate surface area is 97.3 Å². The monoisotopic (exact) mass is 442 g/mol. The number of unbranched alkanes of at least 4 members (excludes halogenated alkanes) is 1. The Morgan fingerprint density at radius 1 is 0.714 bits per heavy atom. The van der Waals surface area contributed by atoms with E-state index in [2.05, 4.69) is 13.8 Å². The second-order valence-electron chi connectivity index (χ2n) is 1.000. The van der Waals surface area contributed by atoms with E-state index < -0.39 is 0 Å². The van der Waals surface area contributed by atoms with E-state index in [1.54, 1.807) is 0 Å². The van der Waals surface area contributed by atoms with Gasteiger partial charge in [0.15, 0.2) is 0 Å². The van der Waals surface area contributed by atoms with Crippen LogP contribution in [0.4, 0.5) is 0 Å². The number of rotatable bonds is 1. The molecule has 50 valence electrons. The van der Waals surface area contributed by atoms with Gasteiger partial charge in [0.2, 0.25) is 0 Å². The smallest absolute Gasteiger partial charge is 0.0564 e. The standard InChI is InChI=1S/C4H10.3HI/c1-3-4-2;;;/h3-4H2,1-2H3;3*1H. The molecule has 0 aliphatic carbocycles. The summed E-state index contributed by atoms with van der Waals surface area (Å²) < 4.78 is 0. The Hall–Kier alpha value is 2.19. The maximum absolute atomic E-state index is 2.18. The third-order valence-electron chi connectivity index (χ3n) is 0.500. The van der Waals surface area contributed by atoms with Gasteiger partial charge in [-0.3, -0.25) is 0 Å². The lowest BCUT2D eigenvalue weighted by Gasteiger charge is -1.68. The molecule has 3 heteroatoms. The van der Waals surface area contributed by atoms with E-state index in [4.69, 9.17) is 0 Å². The molecular weight excluding hydrogens is 429 g/mol. The minimum Gasteiger partial charge on any atom is -0.107 e. The van der Waals surface area contributed by atoms with Crippen LogP contribution < -0.4 is 0 Å². The van der Waals surface area contributed by atoms with Crippen LogP contribution in [0.25, 0.3) is 0 Å². The fraction of sp³-hybridized carbons (Fsp3) is 1.00. The van der Waals surface area contributed by atoms with Crippen molar-refractivity contribution in [2.75, 3.05) is 0 Å². The summed E-state index contributed by atoms with van der Waals surface area (Å²) in [7, 11) is 0. The first-order valence-corrected chi connectivity index (χ1v) is 1.91. The van der Waals surface area contributed by atoms with Crippen LogP contribution in [-0.4, -0.2) is 0 Å². The van der Waals surface area contributed by atoms with Gasteiger partial charge in [-0.2, -0.15) is 0 Å². The average Bonchev–Trinajstić information content (AvgIpc) is 1.37. The first-order chi connectivity index (χ1) is 1.91. The third-order valence-corrected chi connectivity index (χ3v) is 0.500. The molecule has 0 nitrogen and oxygen atoms in total. The van der Waals surface area contributed by atoms with Gasteiger partial charge in [-0.25, -0.2) is 0 Å². The molecule has 0 atom stereocenters. The van der Waals surface area contributed by atoms with Crippen LogP contribution >= 0.6 is 71.9 Å². The highest BCUT2D eigenvalue weighted by Crippen LogP contribution is 1.76. The van der Waals surface area contributed by atoms with Crippen molar-refractivity contribution in [3.63, 3.8) is 0 Å². The molecule has 0 aromatic carbocycles. The van der Waals surface area contributed by atoms with E-state index >= 15 is 0 Å². The van der Waals surface area contributed by atoms with Gasteiger partial charge in [0.1, 0.15) is 0 Å². The Balaban J connectivity index is -0.0000000150. The molecular formula is C4H13I3. The summed E-state index contributed by atoms with van der Waals surface area (Å²) in [6.07, 6.45) is 2.64. The molecule has 0 saturated heterocycles. The molecule has 0 aromatic heterocycles. The largest absolute Gasteiger partial charge is 0.107 e. The quantitative estimate of drug-likeness (QED) is 0.545. The zero-order valence-electron chi connectivity index (χ0n) is 4.64. The summed E-state index contributed by atoms with van der Waals surface area (Å²) >= 11 is 0. The third kappa shape index (κ3) is 30.8. The minimum atomic E-state index is 0. The van der Waals surface area contributed by atoms with Crippen molar-refractivity contribution in [1.29, 1.82) is 0 Å². The fourth-order valence-corrected chi connectivity index (χ4v) is 0. The van der Waals surface area contributed by atoms with Crippen LogP contribution in [-0.2, 0) is 0 Å². The number of hydrogen-bond donors (Lipinski definition) is 0. The summed E-state index contributed by atoms with van der Waals surface area (Å²) in [6.45, 7) is 4.36. The molecule has 0 saturated carbocycles. The van der Waals surface area contributed by atoms with E-state index in [-0.39, 0.29) is 71.9 Å². The summed E-state index contributed by atoms with van der Waals surface area (Å²) in [6, 6.07) is 0. The van der Waals surface area contributed by atoms with Gasteiger partial charge in [0.25, 0.3) is 0 Å². The van der Waals surface area contributed by atoms with E-state index in [1.165, 1.54) is 12.8 Å². The number of halogens is 3. The fourth-order valence-electron chi connectivity index (χ4n) is 0. The van der Waals surface area contributed by atoms with Gasteiger partial charge >= 0.3 is 0 Å². The molecule has 0 N–H and O–H groups in total. The molecule has 0 radical (unpaired) electrons. The van der Waals surface area contributed by atoms with Gasteiger partial charge in [-0.15, -0.1) is 71.9 Å². The van der Waals surface area contributed by atoms with Crippen molar-refractivity contribution >= 4 is 71.9 Å². The molecule has 0 aliphatic heterocycles. The van der Waals surface area contributed by atoms with E-state index in [1.807, 2.05) is 0 Å². The van der Waals surface area contributed by atoms with Crippen molar-refractivity contribution in [3.8, 4) is 0 Å². The Morgan fingerprint density at radius 3 is 0.857 bits per heavy atom. The second kappa shape index (κ2) is 24.1. The van der Waals surface area contributed by atoms with E-state index in [9.17, 15) is 0 Å².